The predicted molar refractivity (Wildman–Crippen MR) is 202 cm³/mol. The zero-order valence-corrected chi connectivity index (χ0v) is 31.4. The number of aryl methyl sites for hydroxylation is 2. The number of sulfonamides is 1. The van der Waals surface area contributed by atoms with Crippen molar-refractivity contribution in [1.82, 2.24) is 39.0 Å². The summed E-state index contributed by atoms with van der Waals surface area (Å²) in [5.74, 6) is -5.07. The van der Waals surface area contributed by atoms with Crippen LogP contribution in [0.4, 0.5) is 14.5 Å². The number of nitrogens with zero attached hydrogens (tertiary/aromatic N) is 8. The van der Waals surface area contributed by atoms with E-state index in [0.29, 0.717) is 54.7 Å². The summed E-state index contributed by atoms with van der Waals surface area (Å²) in [7, 11) is -2.94. The summed E-state index contributed by atoms with van der Waals surface area (Å²) >= 11 is 0. The number of aliphatic carboxylic acids is 1. The SMILES string of the molecule is Cc1cn(-c2ccc(S(=O)(=O)Nc3cc(F)c(C(=O)N(C4CCCCC4)[C@@H](Cc4ccc(-n5c(=O)c6ccncc6n(C)c5=O)cn4)C(=O)O)cc3F)cc2)nn1. The number of carbonyl (C=O) groups is 2. The van der Waals surface area contributed by atoms with Gasteiger partial charge in [-0.2, -0.15) is 0 Å². The molecule has 1 saturated carbocycles. The van der Waals surface area contributed by atoms with Gasteiger partial charge in [-0.25, -0.2) is 36.0 Å². The highest BCUT2D eigenvalue weighted by molar-refractivity contribution is 7.92. The lowest BCUT2D eigenvalue weighted by Crippen LogP contribution is -2.52. The summed E-state index contributed by atoms with van der Waals surface area (Å²) < 4.78 is 63.4. The molecule has 0 bridgehead atoms. The van der Waals surface area contributed by atoms with Gasteiger partial charge in [-0.05, 0) is 68.3 Å². The molecule has 57 heavy (non-hydrogen) atoms. The van der Waals surface area contributed by atoms with E-state index in [1.165, 1.54) is 77.4 Å². The van der Waals surface area contributed by atoms with Gasteiger partial charge in [0.1, 0.15) is 17.7 Å². The molecule has 6 aromatic rings. The fraction of sp³-hybridized carbons (Fsp3) is 0.263. The first-order chi connectivity index (χ1) is 27.2. The molecule has 0 aliphatic heterocycles. The van der Waals surface area contributed by atoms with Crippen LogP contribution in [0.1, 0.15) is 53.8 Å². The smallest absolute Gasteiger partial charge is 0.335 e. The molecule has 294 valence electrons. The topological polar surface area (TPSA) is 204 Å². The van der Waals surface area contributed by atoms with Crippen molar-refractivity contribution in [1.29, 1.82) is 0 Å². The normalized spacial score (nSPS) is 14.0. The van der Waals surface area contributed by atoms with Crippen molar-refractivity contribution in [3.63, 3.8) is 0 Å². The van der Waals surface area contributed by atoms with Crippen LogP contribution in [0.2, 0.25) is 0 Å². The standard InChI is InChI=1S/C38H35F2N9O7S/c1-22-21-47(45-43-22)24-10-12-27(13-11-24)57(55,56)44-32-18-30(39)29(17-31(32)40)36(51)48(25-6-4-3-5-7-25)33(37(52)53)16-23-8-9-26(19-42-23)49-35(50)28-14-15-41-20-34(28)46(2)38(49)54/h8-15,17-21,25,33,44H,3-7,16H2,1-2H3,(H,52,53)/t33-/m0/s1. The Labute approximate surface area is 323 Å². The van der Waals surface area contributed by atoms with E-state index in [4.69, 9.17) is 0 Å². The predicted octanol–water partition coefficient (Wildman–Crippen LogP) is 3.92. The number of rotatable bonds is 11. The number of carboxylic acids is 1. The van der Waals surface area contributed by atoms with Crippen LogP contribution in [-0.2, 0) is 28.3 Å². The number of amides is 1. The zero-order valence-electron chi connectivity index (χ0n) is 30.5. The first-order valence-electron chi connectivity index (χ1n) is 17.8. The van der Waals surface area contributed by atoms with E-state index >= 15 is 8.78 Å². The lowest BCUT2D eigenvalue weighted by molar-refractivity contribution is -0.143. The Kier molecular flexibility index (Phi) is 10.5. The number of benzene rings is 2. The molecular weight excluding hydrogens is 765 g/mol. The van der Waals surface area contributed by atoms with Crippen molar-refractivity contribution < 1.29 is 31.9 Å². The third kappa shape index (κ3) is 7.65. The maximum absolute atomic E-state index is 15.8. The second-order valence-electron chi connectivity index (χ2n) is 13.7. The van der Waals surface area contributed by atoms with E-state index in [2.05, 4.69) is 20.3 Å². The molecule has 7 rings (SSSR count). The fourth-order valence-corrected chi connectivity index (χ4v) is 8.06. The van der Waals surface area contributed by atoms with E-state index in [9.17, 15) is 32.7 Å². The van der Waals surface area contributed by atoms with Crippen LogP contribution >= 0.6 is 0 Å². The Hall–Kier alpha value is -6.63. The molecular formula is C38H35F2N9O7S. The Morgan fingerprint density at radius 3 is 2.35 bits per heavy atom. The van der Waals surface area contributed by atoms with Gasteiger partial charge in [0.2, 0.25) is 0 Å². The number of hydrogen-bond donors (Lipinski definition) is 2. The molecule has 0 unspecified atom stereocenters. The number of nitrogens with one attached hydrogen (secondary N) is 1. The minimum atomic E-state index is -4.43. The Morgan fingerprint density at radius 2 is 1.70 bits per heavy atom. The lowest BCUT2D eigenvalue weighted by atomic mass is 9.91. The van der Waals surface area contributed by atoms with Gasteiger partial charge in [-0.1, -0.05) is 24.5 Å². The third-order valence-electron chi connectivity index (χ3n) is 9.92. The van der Waals surface area contributed by atoms with Crippen molar-refractivity contribution in [3.05, 3.63) is 129 Å². The molecule has 4 aromatic heterocycles. The van der Waals surface area contributed by atoms with Gasteiger partial charge >= 0.3 is 11.7 Å². The van der Waals surface area contributed by atoms with Gasteiger partial charge in [-0.15, -0.1) is 5.10 Å². The minimum Gasteiger partial charge on any atom is -0.480 e. The molecule has 4 heterocycles. The maximum Gasteiger partial charge on any atom is 0.335 e. The fourth-order valence-electron chi connectivity index (χ4n) is 7.00. The van der Waals surface area contributed by atoms with Gasteiger partial charge in [0.05, 0.1) is 62.7 Å². The van der Waals surface area contributed by atoms with Crippen LogP contribution in [-0.4, -0.2) is 76.5 Å². The van der Waals surface area contributed by atoms with Crippen LogP contribution in [0.5, 0.6) is 0 Å². The van der Waals surface area contributed by atoms with Crippen molar-refractivity contribution in [2.24, 2.45) is 7.05 Å². The summed E-state index contributed by atoms with van der Waals surface area (Å²) in [6.07, 6.45) is 8.30. The Balaban J connectivity index is 1.16. The second-order valence-corrected chi connectivity index (χ2v) is 15.3. The van der Waals surface area contributed by atoms with Crippen LogP contribution in [0, 0.1) is 18.6 Å². The first kappa shape index (κ1) is 38.6. The summed E-state index contributed by atoms with van der Waals surface area (Å²) in [5, 5.41) is 18.5. The van der Waals surface area contributed by atoms with Crippen LogP contribution in [0.3, 0.4) is 0 Å². The highest BCUT2D eigenvalue weighted by Crippen LogP contribution is 2.30. The zero-order chi connectivity index (χ0) is 40.6. The summed E-state index contributed by atoms with van der Waals surface area (Å²) in [6, 6.07) is 8.58. The van der Waals surface area contributed by atoms with Gasteiger partial charge < -0.3 is 10.0 Å². The number of halogens is 2. The summed E-state index contributed by atoms with van der Waals surface area (Å²) in [5.41, 5.74) is -1.05. The van der Waals surface area contributed by atoms with E-state index in [1.807, 2.05) is 4.72 Å². The highest BCUT2D eigenvalue weighted by Gasteiger charge is 2.38. The summed E-state index contributed by atoms with van der Waals surface area (Å²) in [4.78, 5) is 62.6. The van der Waals surface area contributed by atoms with Crippen molar-refractivity contribution in [2.75, 3.05) is 4.72 Å². The molecule has 1 atom stereocenters. The third-order valence-corrected chi connectivity index (χ3v) is 11.3. The molecule has 16 nitrogen and oxygen atoms in total. The molecule has 0 radical (unpaired) electrons. The average Bonchev–Trinajstić information content (AvgIpc) is 3.65. The van der Waals surface area contributed by atoms with Crippen LogP contribution < -0.4 is 16.0 Å². The highest BCUT2D eigenvalue weighted by atomic mass is 32.2. The number of fused-ring (bicyclic) bond motifs is 1. The second kappa shape index (κ2) is 15.5. The molecule has 2 N–H and O–H groups in total. The van der Waals surface area contributed by atoms with Gasteiger partial charge in [0.15, 0.2) is 0 Å². The van der Waals surface area contributed by atoms with Crippen molar-refractivity contribution in [3.8, 4) is 11.4 Å². The van der Waals surface area contributed by atoms with Gasteiger partial charge in [0.25, 0.3) is 21.5 Å². The molecule has 1 aliphatic rings. The number of carbonyl (C=O) groups excluding carboxylic acids is 1. The average molecular weight is 800 g/mol. The number of carboxylic acid groups (broad SMARTS) is 1. The minimum absolute atomic E-state index is 0.113. The van der Waals surface area contributed by atoms with Crippen LogP contribution in [0.25, 0.3) is 22.3 Å². The molecule has 1 amide bonds. The van der Waals surface area contributed by atoms with Gasteiger partial charge in [-0.3, -0.25) is 28.8 Å². The van der Waals surface area contributed by atoms with E-state index in [1.54, 1.807) is 13.1 Å². The molecule has 1 aliphatic carbocycles. The quantitative estimate of drug-likeness (QED) is 0.192. The maximum atomic E-state index is 15.8. The molecule has 2 aromatic carbocycles. The molecule has 19 heteroatoms. The number of anilines is 1. The van der Waals surface area contributed by atoms with E-state index < -0.39 is 68.1 Å². The van der Waals surface area contributed by atoms with Gasteiger partial charge in [0, 0.05) is 37.5 Å². The Morgan fingerprint density at radius 1 is 0.982 bits per heavy atom. The molecule has 0 spiro atoms. The largest absolute Gasteiger partial charge is 0.480 e. The molecule has 1 fully saturated rings. The molecule has 0 saturated heterocycles. The van der Waals surface area contributed by atoms with E-state index in [-0.39, 0.29) is 28.1 Å². The Bertz CT molecular complexity index is 2750. The number of hydrogen-bond acceptors (Lipinski definition) is 10. The lowest BCUT2D eigenvalue weighted by Gasteiger charge is -2.38. The first-order valence-corrected chi connectivity index (χ1v) is 19.3. The number of aromatic nitrogens is 7. The summed E-state index contributed by atoms with van der Waals surface area (Å²) in [6.45, 7) is 1.73. The van der Waals surface area contributed by atoms with Crippen molar-refractivity contribution >= 4 is 38.5 Å². The van der Waals surface area contributed by atoms with Crippen molar-refractivity contribution in [2.45, 2.75) is 62.4 Å². The number of pyridine rings is 2. The van der Waals surface area contributed by atoms with E-state index in [0.717, 1.165) is 15.9 Å². The van der Waals surface area contributed by atoms with Crippen LogP contribution in [0.15, 0.2) is 93.9 Å². The monoisotopic (exact) mass is 799 g/mol.